The van der Waals surface area contributed by atoms with E-state index >= 15 is 0 Å². The fourth-order valence-electron chi connectivity index (χ4n) is 3.55. The highest BCUT2D eigenvalue weighted by molar-refractivity contribution is 5.91. The Hall–Kier alpha value is -2.89. The summed E-state index contributed by atoms with van der Waals surface area (Å²) in [5.41, 5.74) is 0.986. The largest absolute Gasteiger partial charge is 0.493 e. The molecule has 0 fully saturated rings. The molecular formula is C21H17F3O3. The molecule has 6 heteroatoms. The van der Waals surface area contributed by atoms with E-state index in [1.54, 1.807) is 20.3 Å². The van der Waals surface area contributed by atoms with Gasteiger partial charge in [-0.3, -0.25) is 0 Å². The first-order valence-corrected chi connectivity index (χ1v) is 8.50. The summed E-state index contributed by atoms with van der Waals surface area (Å²) in [6.07, 6.45) is 0.374. The maximum absolute atomic E-state index is 14.1. The predicted octanol–water partition coefficient (Wildman–Crippen LogP) is 5.34. The number of hydrogen-bond donors (Lipinski definition) is 0. The van der Waals surface area contributed by atoms with Crippen molar-refractivity contribution in [3.8, 4) is 17.2 Å². The van der Waals surface area contributed by atoms with Crippen LogP contribution in [-0.4, -0.2) is 14.2 Å². The van der Waals surface area contributed by atoms with Crippen LogP contribution in [0.1, 0.15) is 23.7 Å². The highest BCUT2D eigenvalue weighted by atomic mass is 19.2. The number of hydrogen-bond acceptors (Lipinski definition) is 3. The van der Waals surface area contributed by atoms with Gasteiger partial charge in [0.2, 0.25) is 0 Å². The van der Waals surface area contributed by atoms with E-state index in [4.69, 9.17) is 14.2 Å². The van der Waals surface area contributed by atoms with Crippen molar-refractivity contribution < 1.29 is 27.4 Å². The molecule has 1 atom stereocenters. The number of methoxy groups -OCH3 is 2. The number of fused-ring (bicyclic) bond motifs is 3. The van der Waals surface area contributed by atoms with E-state index in [-0.39, 0.29) is 5.56 Å². The van der Waals surface area contributed by atoms with E-state index in [1.165, 1.54) is 0 Å². The van der Waals surface area contributed by atoms with Gasteiger partial charge in [0.15, 0.2) is 23.1 Å². The van der Waals surface area contributed by atoms with Crippen molar-refractivity contribution in [1.82, 2.24) is 0 Å². The van der Waals surface area contributed by atoms with Crippen molar-refractivity contribution in [3.63, 3.8) is 0 Å². The molecule has 0 aliphatic carbocycles. The van der Waals surface area contributed by atoms with Crippen LogP contribution < -0.4 is 14.2 Å². The first kappa shape index (κ1) is 17.5. The smallest absolute Gasteiger partial charge is 0.161 e. The summed E-state index contributed by atoms with van der Waals surface area (Å²) in [4.78, 5) is 0. The van der Waals surface area contributed by atoms with Crippen LogP contribution >= 0.6 is 0 Å². The average molecular weight is 374 g/mol. The van der Waals surface area contributed by atoms with Crippen molar-refractivity contribution in [2.45, 2.75) is 18.9 Å². The zero-order valence-corrected chi connectivity index (χ0v) is 14.8. The van der Waals surface area contributed by atoms with Crippen molar-refractivity contribution in [1.29, 1.82) is 0 Å². The Morgan fingerprint density at radius 2 is 1.59 bits per heavy atom. The molecular weight excluding hydrogens is 357 g/mol. The molecule has 0 bridgehead atoms. The lowest BCUT2D eigenvalue weighted by Gasteiger charge is -2.28. The van der Waals surface area contributed by atoms with Gasteiger partial charge in [0.25, 0.3) is 0 Å². The van der Waals surface area contributed by atoms with Crippen molar-refractivity contribution in [2.75, 3.05) is 14.2 Å². The molecule has 0 saturated carbocycles. The van der Waals surface area contributed by atoms with Gasteiger partial charge in [0.1, 0.15) is 17.7 Å². The number of benzene rings is 3. The Labute approximate surface area is 154 Å². The molecule has 1 heterocycles. The molecule has 1 aliphatic heterocycles. The summed E-state index contributed by atoms with van der Waals surface area (Å²) in [5, 5.41) is 1.92. The Morgan fingerprint density at radius 3 is 2.33 bits per heavy atom. The van der Waals surface area contributed by atoms with E-state index in [0.29, 0.717) is 36.2 Å². The van der Waals surface area contributed by atoms with Gasteiger partial charge in [-0.1, -0.05) is 6.07 Å². The van der Waals surface area contributed by atoms with Crippen LogP contribution in [-0.2, 0) is 6.42 Å². The molecule has 1 aliphatic rings. The van der Waals surface area contributed by atoms with E-state index in [0.717, 1.165) is 22.4 Å². The molecule has 3 aromatic carbocycles. The number of rotatable bonds is 3. The van der Waals surface area contributed by atoms with E-state index in [2.05, 4.69) is 0 Å². The predicted molar refractivity (Wildman–Crippen MR) is 95.1 cm³/mol. The van der Waals surface area contributed by atoms with Crippen LogP contribution in [0.5, 0.6) is 17.2 Å². The fraction of sp³-hybridized carbons (Fsp3) is 0.238. The lowest BCUT2D eigenvalue weighted by Crippen LogP contribution is -2.17. The number of ether oxygens (including phenoxy) is 3. The van der Waals surface area contributed by atoms with Gasteiger partial charge in [-0.25, -0.2) is 13.2 Å². The quantitative estimate of drug-likeness (QED) is 0.579. The normalized spacial score (nSPS) is 16.0. The zero-order valence-electron chi connectivity index (χ0n) is 14.8. The second kappa shape index (κ2) is 6.68. The molecule has 0 radical (unpaired) electrons. The summed E-state index contributed by atoms with van der Waals surface area (Å²) in [6.45, 7) is 0. The van der Waals surface area contributed by atoms with Crippen LogP contribution in [0.4, 0.5) is 13.2 Å². The minimum Gasteiger partial charge on any atom is -0.493 e. The summed E-state index contributed by atoms with van der Waals surface area (Å²) in [5.74, 6) is -1.28. The van der Waals surface area contributed by atoms with Gasteiger partial charge in [-0.2, -0.15) is 0 Å². The third-order valence-corrected chi connectivity index (χ3v) is 4.90. The highest BCUT2D eigenvalue weighted by Crippen LogP contribution is 2.42. The van der Waals surface area contributed by atoms with Crippen molar-refractivity contribution >= 4 is 10.8 Å². The molecule has 0 saturated heterocycles. The maximum Gasteiger partial charge on any atom is 0.161 e. The van der Waals surface area contributed by atoms with Crippen LogP contribution in [0.3, 0.4) is 0 Å². The SMILES string of the molecule is COc1cc2ccc3c(c2cc1OC)CCC(c1cc(F)c(F)cc1F)O3. The van der Waals surface area contributed by atoms with Gasteiger partial charge in [0, 0.05) is 17.2 Å². The molecule has 3 aromatic rings. The minimum atomic E-state index is -1.21. The molecule has 0 spiro atoms. The Balaban J connectivity index is 1.75. The van der Waals surface area contributed by atoms with Crippen LogP contribution in [0.25, 0.3) is 10.8 Å². The van der Waals surface area contributed by atoms with Crippen molar-refractivity contribution in [3.05, 3.63) is 65.0 Å². The molecule has 0 aromatic heterocycles. The Bertz CT molecular complexity index is 1030. The molecule has 0 amide bonds. The van der Waals surface area contributed by atoms with Gasteiger partial charge in [-0.15, -0.1) is 0 Å². The van der Waals surface area contributed by atoms with Crippen molar-refractivity contribution in [2.24, 2.45) is 0 Å². The van der Waals surface area contributed by atoms with E-state index in [1.807, 2.05) is 18.2 Å². The molecule has 27 heavy (non-hydrogen) atoms. The summed E-state index contributed by atoms with van der Waals surface area (Å²) in [7, 11) is 3.14. The standard InChI is InChI=1S/C21H17F3O3/c1-25-20-7-11-3-5-18-12(13(11)9-21(20)26-2)4-6-19(27-18)14-8-16(23)17(24)10-15(14)22/h3,5,7-10,19H,4,6H2,1-2H3. The number of aryl methyl sites for hydroxylation is 1. The minimum absolute atomic E-state index is 0.0203. The second-order valence-corrected chi connectivity index (χ2v) is 6.40. The highest BCUT2D eigenvalue weighted by Gasteiger charge is 2.27. The summed E-state index contributed by atoms with van der Waals surface area (Å²) < 4.78 is 57.5. The molecule has 4 rings (SSSR count). The lowest BCUT2D eigenvalue weighted by atomic mass is 9.93. The molecule has 3 nitrogen and oxygen atoms in total. The van der Waals surface area contributed by atoms with Crippen LogP contribution in [0.2, 0.25) is 0 Å². The van der Waals surface area contributed by atoms with Gasteiger partial charge in [-0.05, 0) is 47.9 Å². The molecule has 1 unspecified atom stereocenters. The molecule has 0 N–H and O–H groups in total. The van der Waals surface area contributed by atoms with Crippen LogP contribution in [0.15, 0.2) is 36.4 Å². The average Bonchev–Trinajstić information content (AvgIpc) is 2.69. The summed E-state index contributed by atoms with van der Waals surface area (Å²) >= 11 is 0. The van der Waals surface area contributed by atoms with Crippen LogP contribution in [0, 0.1) is 17.5 Å². The second-order valence-electron chi connectivity index (χ2n) is 6.40. The zero-order chi connectivity index (χ0) is 19.1. The molecule has 140 valence electrons. The topological polar surface area (TPSA) is 27.7 Å². The monoisotopic (exact) mass is 374 g/mol. The maximum atomic E-state index is 14.1. The van der Waals surface area contributed by atoms with E-state index < -0.39 is 23.6 Å². The van der Waals surface area contributed by atoms with E-state index in [9.17, 15) is 13.2 Å². The first-order chi connectivity index (χ1) is 13.0. The third kappa shape index (κ3) is 2.95. The Kier molecular flexibility index (Phi) is 4.34. The fourth-order valence-corrected chi connectivity index (χ4v) is 3.55. The van der Waals surface area contributed by atoms with Gasteiger partial charge < -0.3 is 14.2 Å². The first-order valence-electron chi connectivity index (χ1n) is 8.50. The summed E-state index contributed by atoms with van der Waals surface area (Å²) in [6, 6.07) is 8.87. The third-order valence-electron chi connectivity index (χ3n) is 4.90. The Morgan fingerprint density at radius 1 is 0.889 bits per heavy atom. The van der Waals surface area contributed by atoms with Gasteiger partial charge in [0.05, 0.1) is 14.2 Å². The van der Waals surface area contributed by atoms with Gasteiger partial charge >= 0.3 is 0 Å². The number of halogens is 3. The lowest BCUT2D eigenvalue weighted by molar-refractivity contribution is 0.172.